The Morgan fingerprint density at radius 1 is 0.400 bits per heavy atom. The molecule has 0 fully saturated rings. The molecule has 50 heavy (non-hydrogen) atoms. The first-order valence-corrected chi connectivity index (χ1v) is 18.4. The van der Waals surface area contributed by atoms with E-state index in [4.69, 9.17) is 0 Å². The van der Waals surface area contributed by atoms with Gasteiger partial charge in [0.1, 0.15) is 0 Å². The number of benzene rings is 7. The van der Waals surface area contributed by atoms with Gasteiger partial charge in [0, 0.05) is 47.9 Å². The van der Waals surface area contributed by atoms with Gasteiger partial charge in [-0.1, -0.05) is 131 Å². The van der Waals surface area contributed by atoms with Gasteiger partial charge in [-0.3, -0.25) is 0 Å². The third-order valence-electron chi connectivity index (χ3n) is 11.5. The highest BCUT2D eigenvalue weighted by Gasteiger charge is 2.38. The van der Waals surface area contributed by atoms with Crippen LogP contribution in [0.1, 0.15) is 49.9 Å². The monoisotopic (exact) mass is 659 g/mol. The Morgan fingerprint density at radius 3 is 1.72 bits per heavy atom. The number of rotatable bonds is 4. The topological polar surface area (TPSA) is 3.24 Å². The van der Waals surface area contributed by atoms with Crippen LogP contribution in [-0.4, -0.2) is 0 Å². The molecule has 7 aromatic carbocycles. The highest BCUT2D eigenvalue weighted by atomic mass is 32.1. The summed E-state index contributed by atoms with van der Waals surface area (Å²) in [6.07, 6.45) is 0. The summed E-state index contributed by atoms with van der Waals surface area (Å²) < 4.78 is 2.64. The van der Waals surface area contributed by atoms with Crippen LogP contribution < -0.4 is 4.90 Å². The van der Waals surface area contributed by atoms with Crippen LogP contribution in [0.5, 0.6) is 0 Å². The minimum Gasteiger partial charge on any atom is -0.310 e. The van der Waals surface area contributed by atoms with Crippen LogP contribution in [-0.2, 0) is 10.8 Å². The van der Waals surface area contributed by atoms with Gasteiger partial charge < -0.3 is 4.90 Å². The highest BCUT2D eigenvalue weighted by Crippen LogP contribution is 2.55. The van der Waals surface area contributed by atoms with Crippen molar-refractivity contribution in [1.82, 2.24) is 0 Å². The minimum absolute atomic E-state index is 0.106. The van der Waals surface area contributed by atoms with Gasteiger partial charge in [0.2, 0.25) is 0 Å². The summed E-state index contributed by atoms with van der Waals surface area (Å²) in [5, 5.41) is 2.62. The second-order valence-corrected chi connectivity index (χ2v) is 16.0. The van der Waals surface area contributed by atoms with Crippen LogP contribution in [0, 0.1) is 0 Å². The quantitative estimate of drug-likeness (QED) is 0.182. The number of anilines is 3. The lowest BCUT2D eigenvalue weighted by Gasteiger charge is -2.31. The summed E-state index contributed by atoms with van der Waals surface area (Å²) in [4.78, 5) is 2.53. The van der Waals surface area contributed by atoms with E-state index in [9.17, 15) is 0 Å². The fourth-order valence-electron chi connectivity index (χ4n) is 8.88. The van der Waals surface area contributed by atoms with Crippen molar-refractivity contribution in [3.05, 3.63) is 174 Å². The van der Waals surface area contributed by atoms with Crippen molar-refractivity contribution in [2.45, 2.75) is 38.5 Å². The molecule has 1 aromatic heterocycles. The van der Waals surface area contributed by atoms with E-state index in [0.717, 1.165) is 0 Å². The van der Waals surface area contributed by atoms with E-state index in [0.29, 0.717) is 0 Å². The van der Waals surface area contributed by atoms with E-state index in [1.165, 1.54) is 92.9 Å². The average Bonchev–Trinajstić information content (AvgIpc) is 3.71. The second-order valence-electron chi connectivity index (χ2n) is 15.0. The summed E-state index contributed by atoms with van der Waals surface area (Å²) in [5.74, 6) is 0. The van der Waals surface area contributed by atoms with Gasteiger partial charge in [0.05, 0.1) is 5.69 Å². The molecule has 0 saturated carbocycles. The van der Waals surface area contributed by atoms with Crippen molar-refractivity contribution in [3.8, 4) is 33.4 Å². The predicted molar refractivity (Wildman–Crippen MR) is 215 cm³/mol. The van der Waals surface area contributed by atoms with E-state index >= 15 is 0 Å². The molecule has 0 radical (unpaired) electrons. The molecule has 1 heterocycles. The van der Waals surface area contributed by atoms with Gasteiger partial charge in [0.15, 0.2) is 0 Å². The maximum atomic E-state index is 2.53. The molecule has 0 saturated heterocycles. The fraction of sp³-hybridized carbons (Fsp3) is 0.125. The summed E-state index contributed by atoms with van der Waals surface area (Å²) in [6, 6.07) is 56.9. The van der Waals surface area contributed by atoms with E-state index in [2.05, 4.69) is 184 Å². The van der Waals surface area contributed by atoms with Gasteiger partial charge >= 0.3 is 0 Å². The smallest absolute Gasteiger partial charge is 0.0543 e. The highest BCUT2D eigenvalue weighted by molar-refractivity contribution is 7.25. The lowest BCUT2D eigenvalue weighted by Crippen LogP contribution is -2.18. The van der Waals surface area contributed by atoms with Gasteiger partial charge in [0.25, 0.3) is 0 Å². The number of fused-ring (bicyclic) bond motifs is 9. The van der Waals surface area contributed by atoms with Crippen molar-refractivity contribution >= 4 is 48.6 Å². The van der Waals surface area contributed by atoms with Crippen molar-refractivity contribution in [3.63, 3.8) is 0 Å². The van der Waals surface area contributed by atoms with Crippen LogP contribution in [0.4, 0.5) is 17.1 Å². The molecule has 0 N–H and O–H groups in total. The van der Waals surface area contributed by atoms with E-state index < -0.39 is 0 Å². The molecule has 0 spiro atoms. The van der Waals surface area contributed by atoms with Crippen LogP contribution in [0.2, 0.25) is 0 Å². The molecule has 2 aliphatic carbocycles. The first kappa shape index (κ1) is 29.5. The molecule has 2 aliphatic rings. The standard InChI is InChI=1S/C48H37NS/c1-47(2)40-19-11-8-16-33(40)35-24-22-32(27-42(35)47)49(31-23-25-46-39(26-31)36-18-10-13-21-45(36)50-46)44-29-43-38(28-37(44)30-14-6-5-7-15-30)34-17-9-12-20-41(34)48(43,3)4/h5-29H,1-4H3. The van der Waals surface area contributed by atoms with Crippen LogP contribution in [0.25, 0.3) is 53.6 Å². The van der Waals surface area contributed by atoms with Crippen molar-refractivity contribution < 1.29 is 0 Å². The lowest BCUT2D eigenvalue weighted by molar-refractivity contribution is 0.660. The van der Waals surface area contributed by atoms with Crippen LogP contribution in [0.3, 0.4) is 0 Å². The van der Waals surface area contributed by atoms with Gasteiger partial charge in [-0.25, -0.2) is 0 Å². The normalized spacial score (nSPS) is 14.7. The maximum Gasteiger partial charge on any atom is 0.0543 e. The Morgan fingerprint density at radius 2 is 0.960 bits per heavy atom. The molecular formula is C48H37NS. The Labute approximate surface area is 298 Å². The van der Waals surface area contributed by atoms with Gasteiger partial charge in [-0.15, -0.1) is 11.3 Å². The molecule has 10 rings (SSSR count). The third kappa shape index (κ3) is 4.12. The fourth-order valence-corrected chi connectivity index (χ4v) is 9.97. The van der Waals surface area contributed by atoms with Crippen LogP contribution in [0.15, 0.2) is 152 Å². The summed E-state index contributed by atoms with van der Waals surface area (Å²) in [7, 11) is 0. The lowest BCUT2D eigenvalue weighted by atomic mass is 9.81. The molecule has 240 valence electrons. The molecule has 0 amide bonds. The largest absolute Gasteiger partial charge is 0.310 e. The Hall–Kier alpha value is -5.44. The molecule has 2 heteroatoms. The third-order valence-corrected chi connectivity index (χ3v) is 12.6. The molecule has 0 unspecified atom stereocenters. The van der Waals surface area contributed by atoms with E-state index in [1.807, 2.05) is 11.3 Å². The Balaban J connectivity index is 1.28. The average molecular weight is 660 g/mol. The predicted octanol–water partition coefficient (Wildman–Crippen LogP) is 13.8. The molecule has 1 nitrogen and oxygen atoms in total. The molecule has 0 aliphatic heterocycles. The summed E-state index contributed by atoms with van der Waals surface area (Å²) in [5.41, 5.74) is 16.6. The number of thiophene rings is 1. The number of hydrogen-bond donors (Lipinski definition) is 0. The van der Waals surface area contributed by atoms with E-state index in [1.54, 1.807) is 0 Å². The molecule has 0 atom stereocenters. The maximum absolute atomic E-state index is 2.53. The molecule has 8 aromatic rings. The number of hydrogen-bond acceptors (Lipinski definition) is 2. The SMILES string of the molecule is CC1(C)c2ccccc2-c2ccc(N(c3ccc4sc5ccccc5c4c3)c3cc4c(cc3-c3ccccc3)-c3ccccc3C4(C)C)cc21. The Bertz CT molecular complexity index is 2660. The van der Waals surface area contributed by atoms with Crippen LogP contribution >= 0.6 is 11.3 Å². The van der Waals surface area contributed by atoms with Crippen molar-refractivity contribution in [2.75, 3.05) is 4.90 Å². The molecule has 0 bridgehead atoms. The zero-order valence-electron chi connectivity index (χ0n) is 28.8. The Kier molecular flexibility index (Phi) is 6.21. The summed E-state index contributed by atoms with van der Waals surface area (Å²) in [6.45, 7) is 9.51. The number of nitrogens with zero attached hydrogens (tertiary/aromatic N) is 1. The first-order valence-electron chi connectivity index (χ1n) is 17.6. The zero-order chi connectivity index (χ0) is 33.8. The second kappa shape index (κ2) is 10.5. The zero-order valence-corrected chi connectivity index (χ0v) is 29.6. The van der Waals surface area contributed by atoms with Gasteiger partial charge in [-0.2, -0.15) is 0 Å². The summed E-state index contributed by atoms with van der Waals surface area (Å²) >= 11 is 1.87. The van der Waals surface area contributed by atoms with Crippen molar-refractivity contribution in [2.24, 2.45) is 0 Å². The van der Waals surface area contributed by atoms with E-state index in [-0.39, 0.29) is 10.8 Å². The van der Waals surface area contributed by atoms with Crippen molar-refractivity contribution in [1.29, 1.82) is 0 Å². The minimum atomic E-state index is -0.128. The van der Waals surface area contributed by atoms with Gasteiger partial charge in [-0.05, 0) is 98.6 Å². The molecular weight excluding hydrogens is 623 g/mol. The first-order chi connectivity index (χ1) is 24.3.